The number of nitrogens with one attached hydrogen (secondary N) is 1. The predicted molar refractivity (Wildman–Crippen MR) is 92.8 cm³/mol. The van der Waals surface area contributed by atoms with Crippen molar-refractivity contribution in [2.24, 2.45) is 0 Å². The Bertz CT molecular complexity index is 748. The van der Waals surface area contributed by atoms with E-state index in [0.717, 1.165) is 5.56 Å². The molecule has 1 atom stereocenters. The maximum Gasteiger partial charge on any atom is 0.224 e. The Balaban J connectivity index is 2.08. The molecule has 0 saturated carbocycles. The SMILES string of the molecule is COc1ccc(OC)c([C@@H](C)NC(=O)Cc2ccc(OC)c(F)c2)c1. The average Bonchev–Trinajstić information content (AvgIpc) is 2.61. The molecule has 0 aliphatic carbocycles. The largest absolute Gasteiger partial charge is 0.497 e. The lowest BCUT2D eigenvalue weighted by Crippen LogP contribution is -2.28. The Labute approximate surface area is 146 Å². The van der Waals surface area contributed by atoms with Crippen molar-refractivity contribution in [3.05, 3.63) is 53.3 Å². The van der Waals surface area contributed by atoms with Gasteiger partial charge in [-0.15, -0.1) is 0 Å². The number of hydrogen-bond acceptors (Lipinski definition) is 4. The second-order valence-electron chi connectivity index (χ2n) is 5.54. The van der Waals surface area contributed by atoms with Crippen molar-refractivity contribution < 1.29 is 23.4 Å². The summed E-state index contributed by atoms with van der Waals surface area (Å²) in [6.45, 7) is 1.85. The van der Waals surface area contributed by atoms with Gasteiger partial charge in [-0.1, -0.05) is 6.07 Å². The average molecular weight is 347 g/mol. The molecular weight excluding hydrogens is 325 g/mol. The van der Waals surface area contributed by atoms with Crippen molar-refractivity contribution in [1.82, 2.24) is 5.32 Å². The van der Waals surface area contributed by atoms with Crippen LogP contribution in [0.1, 0.15) is 24.1 Å². The highest BCUT2D eigenvalue weighted by molar-refractivity contribution is 5.79. The second kappa shape index (κ2) is 8.37. The standard InChI is InChI=1S/C19H22FNO4/c1-12(15-11-14(23-2)6-8-17(15)24-3)21-19(22)10-13-5-7-18(25-4)16(20)9-13/h5-9,11-12H,10H2,1-4H3,(H,21,22)/t12-/m1/s1. The molecule has 0 aliphatic heterocycles. The molecule has 25 heavy (non-hydrogen) atoms. The fraction of sp³-hybridized carbons (Fsp3) is 0.316. The van der Waals surface area contributed by atoms with Gasteiger partial charge in [0, 0.05) is 5.56 Å². The van der Waals surface area contributed by atoms with Crippen LogP contribution in [0.5, 0.6) is 17.2 Å². The molecule has 0 heterocycles. The van der Waals surface area contributed by atoms with Gasteiger partial charge in [0.2, 0.25) is 5.91 Å². The Hall–Kier alpha value is -2.76. The predicted octanol–water partition coefficient (Wildman–Crippen LogP) is 3.27. The van der Waals surface area contributed by atoms with Crippen LogP contribution in [0.15, 0.2) is 36.4 Å². The summed E-state index contributed by atoms with van der Waals surface area (Å²) in [4.78, 5) is 12.3. The lowest BCUT2D eigenvalue weighted by Gasteiger charge is -2.18. The van der Waals surface area contributed by atoms with Crippen LogP contribution in [0.4, 0.5) is 4.39 Å². The number of hydrogen-bond donors (Lipinski definition) is 1. The summed E-state index contributed by atoms with van der Waals surface area (Å²) in [5.74, 6) is 0.772. The third kappa shape index (κ3) is 4.62. The monoisotopic (exact) mass is 347 g/mol. The van der Waals surface area contributed by atoms with Crippen LogP contribution in [0.25, 0.3) is 0 Å². The van der Waals surface area contributed by atoms with Crippen LogP contribution in [0.3, 0.4) is 0 Å². The van der Waals surface area contributed by atoms with Crippen LogP contribution in [-0.2, 0) is 11.2 Å². The first-order chi connectivity index (χ1) is 12.0. The first-order valence-electron chi connectivity index (χ1n) is 7.82. The molecule has 6 heteroatoms. The molecule has 0 aliphatic rings. The Kier molecular flexibility index (Phi) is 6.22. The number of halogens is 1. The Morgan fingerprint density at radius 1 is 1.04 bits per heavy atom. The van der Waals surface area contributed by atoms with Gasteiger partial charge in [-0.25, -0.2) is 4.39 Å². The molecule has 0 aromatic heterocycles. The van der Waals surface area contributed by atoms with E-state index in [1.54, 1.807) is 32.4 Å². The molecule has 2 aromatic rings. The third-order valence-corrected chi connectivity index (χ3v) is 3.86. The smallest absolute Gasteiger partial charge is 0.224 e. The van der Waals surface area contributed by atoms with Gasteiger partial charge in [0.25, 0.3) is 0 Å². The molecule has 0 spiro atoms. The van der Waals surface area contributed by atoms with Crippen molar-refractivity contribution in [3.8, 4) is 17.2 Å². The number of carbonyl (C=O) groups excluding carboxylic acids is 1. The Morgan fingerprint density at radius 2 is 1.72 bits per heavy atom. The third-order valence-electron chi connectivity index (χ3n) is 3.86. The summed E-state index contributed by atoms with van der Waals surface area (Å²) < 4.78 is 29.2. The molecule has 0 radical (unpaired) electrons. The van der Waals surface area contributed by atoms with E-state index in [4.69, 9.17) is 14.2 Å². The van der Waals surface area contributed by atoms with Crippen molar-refractivity contribution in [2.45, 2.75) is 19.4 Å². The normalized spacial score (nSPS) is 11.6. The molecule has 134 valence electrons. The summed E-state index contributed by atoms with van der Waals surface area (Å²) in [5, 5.41) is 2.89. The highest BCUT2D eigenvalue weighted by Crippen LogP contribution is 2.29. The summed E-state index contributed by atoms with van der Waals surface area (Å²) in [6, 6.07) is 9.57. The highest BCUT2D eigenvalue weighted by atomic mass is 19.1. The fourth-order valence-corrected chi connectivity index (χ4v) is 2.55. The molecule has 2 aromatic carbocycles. The van der Waals surface area contributed by atoms with Crippen LogP contribution < -0.4 is 19.5 Å². The van der Waals surface area contributed by atoms with Gasteiger partial charge in [0.05, 0.1) is 33.8 Å². The zero-order valence-electron chi connectivity index (χ0n) is 14.8. The summed E-state index contributed by atoms with van der Waals surface area (Å²) in [5.41, 5.74) is 1.37. The summed E-state index contributed by atoms with van der Waals surface area (Å²) in [7, 11) is 4.54. The lowest BCUT2D eigenvalue weighted by molar-refractivity contribution is -0.121. The van der Waals surface area contributed by atoms with Crippen LogP contribution in [0.2, 0.25) is 0 Å². The van der Waals surface area contributed by atoms with Gasteiger partial charge in [0.15, 0.2) is 11.6 Å². The van der Waals surface area contributed by atoms with Gasteiger partial charge in [-0.2, -0.15) is 0 Å². The number of carbonyl (C=O) groups is 1. The maximum atomic E-state index is 13.7. The van der Waals surface area contributed by atoms with E-state index >= 15 is 0 Å². The van der Waals surface area contributed by atoms with E-state index in [2.05, 4.69) is 5.32 Å². The summed E-state index contributed by atoms with van der Waals surface area (Å²) in [6.07, 6.45) is 0.0670. The number of methoxy groups -OCH3 is 3. The van der Waals surface area contributed by atoms with E-state index in [0.29, 0.717) is 17.1 Å². The minimum Gasteiger partial charge on any atom is -0.497 e. The highest BCUT2D eigenvalue weighted by Gasteiger charge is 2.16. The van der Waals surface area contributed by atoms with E-state index in [1.165, 1.54) is 19.2 Å². The van der Waals surface area contributed by atoms with Gasteiger partial charge < -0.3 is 19.5 Å². The minimum atomic E-state index is -0.490. The van der Waals surface area contributed by atoms with E-state index in [1.807, 2.05) is 13.0 Å². The first-order valence-corrected chi connectivity index (χ1v) is 7.82. The molecule has 1 amide bonds. The molecule has 0 unspecified atom stereocenters. The van der Waals surface area contributed by atoms with Crippen LogP contribution >= 0.6 is 0 Å². The van der Waals surface area contributed by atoms with Crippen molar-refractivity contribution in [1.29, 1.82) is 0 Å². The number of rotatable bonds is 7. The number of benzene rings is 2. The molecular formula is C19H22FNO4. The lowest BCUT2D eigenvalue weighted by atomic mass is 10.1. The topological polar surface area (TPSA) is 56.8 Å². The zero-order valence-corrected chi connectivity index (χ0v) is 14.8. The number of amides is 1. The molecule has 2 rings (SSSR count). The van der Waals surface area contributed by atoms with Crippen LogP contribution in [-0.4, -0.2) is 27.2 Å². The van der Waals surface area contributed by atoms with E-state index < -0.39 is 5.82 Å². The van der Waals surface area contributed by atoms with Crippen molar-refractivity contribution in [2.75, 3.05) is 21.3 Å². The maximum absolute atomic E-state index is 13.7. The first kappa shape index (κ1) is 18.6. The Morgan fingerprint density at radius 3 is 2.32 bits per heavy atom. The fourth-order valence-electron chi connectivity index (χ4n) is 2.55. The van der Waals surface area contributed by atoms with Gasteiger partial charge in [-0.3, -0.25) is 4.79 Å². The molecule has 0 saturated heterocycles. The quantitative estimate of drug-likeness (QED) is 0.835. The minimum absolute atomic E-state index is 0.0670. The van der Waals surface area contributed by atoms with Crippen LogP contribution in [0, 0.1) is 5.82 Å². The zero-order chi connectivity index (χ0) is 18.4. The molecule has 5 nitrogen and oxygen atoms in total. The molecule has 0 fully saturated rings. The van der Waals surface area contributed by atoms with E-state index in [9.17, 15) is 9.18 Å². The van der Waals surface area contributed by atoms with Crippen molar-refractivity contribution in [3.63, 3.8) is 0 Å². The second-order valence-corrected chi connectivity index (χ2v) is 5.54. The number of ether oxygens (including phenoxy) is 3. The summed E-state index contributed by atoms with van der Waals surface area (Å²) >= 11 is 0. The van der Waals surface area contributed by atoms with Gasteiger partial charge >= 0.3 is 0 Å². The molecule has 0 bridgehead atoms. The van der Waals surface area contributed by atoms with E-state index in [-0.39, 0.29) is 24.1 Å². The molecule has 1 N–H and O–H groups in total. The van der Waals surface area contributed by atoms with Crippen molar-refractivity contribution >= 4 is 5.91 Å². The van der Waals surface area contributed by atoms with Gasteiger partial charge in [0.1, 0.15) is 11.5 Å². The van der Waals surface area contributed by atoms with Gasteiger partial charge in [-0.05, 0) is 42.8 Å².